The van der Waals surface area contributed by atoms with Crippen molar-refractivity contribution in [1.29, 1.82) is 0 Å². The molecule has 20 heteroatoms. The molecule has 0 radical (unpaired) electrons. The normalized spacial score (nSPS) is 40.7. The van der Waals surface area contributed by atoms with Crippen molar-refractivity contribution in [3.05, 3.63) is 35.6 Å². The van der Waals surface area contributed by atoms with Gasteiger partial charge in [-0.25, -0.2) is 4.39 Å². The van der Waals surface area contributed by atoms with E-state index in [1.165, 1.54) is 40.4 Å². The number of ketones is 1. The van der Waals surface area contributed by atoms with Gasteiger partial charge in [0.1, 0.15) is 55.2 Å². The highest BCUT2D eigenvalue weighted by molar-refractivity contribution is 5.90. The van der Waals surface area contributed by atoms with Crippen LogP contribution in [0.1, 0.15) is 121 Å². The molecule has 0 bridgehead atoms. The summed E-state index contributed by atoms with van der Waals surface area (Å²) in [4.78, 5) is 51.4. The lowest BCUT2D eigenvalue weighted by molar-refractivity contribution is -0.305. The first-order chi connectivity index (χ1) is 35.7. The molecule has 5 rings (SSSR count). The number of benzene rings is 1. The Balaban J connectivity index is 1.61. The van der Waals surface area contributed by atoms with E-state index in [9.17, 15) is 29.3 Å². The third-order valence-electron chi connectivity index (χ3n) is 15.7. The number of cyclic esters (lactones) is 1. The number of halogens is 1. The molecule has 22 atom stereocenters. The number of ether oxygens (including phenoxy) is 10. The second-order valence-corrected chi connectivity index (χ2v) is 22.9. The molecule has 76 heavy (non-hydrogen) atoms. The fraction of sp³-hybridized carbons (Fsp3) is 0.821. The van der Waals surface area contributed by atoms with E-state index in [1.807, 2.05) is 34.6 Å². The molecule has 3 N–H and O–H groups in total. The Morgan fingerprint density at radius 2 is 1.49 bits per heavy atom. The van der Waals surface area contributed by atoms with Crippen LogP contribution < -0.4 is 0 Å². The standard InChI is InChI=1S/C56H91FN2O17/c1-28(2)21-42(60)73-48-35(9)47(30(4)27-69-55-51(67-15)50(66-14)44(61)38(12)72-55)75-53(64)37(11)49(74-43-22-31(5)59(25-33(7)70-43)26-39-17-19-40(57)20-18-39)34(8)46(29(3)24-56(13,65)52(63)36(48)10)76-54-45(62)41(58-68-16)23-32(6)71-54/h17-20,28-38,43-51,54-55,61-62,65H,21-27H2,1-16H3/t29-,30-,31?,32+,33-,34+,35-,36+,37+,38+,43-,44+,45+,46-,47+,48+,49-,50+,51+,54-,55+,56-/m0/s1. The van der Waals surface area contributed by atoms with Gasteiger partial charge in [-0.1, -0.05) is 65.8 Å². The van der Waals surface area contributed by atoms with E-state index < -0.39 is 139 Å². The summed E-state index contributed by atoms with van der Waals surface area (Å²) in [6, 6.07) is 6.25. The Labute approximate surface area is 450 Å². The number of hydrogen-bond acceptors (Lipinski definition) is 19. The van der Waals surface area contributed by atoms with Crippen LogP contribution in [0.25, 0.3) is 0 Å². The Kier molecular flexibility index (Phi) is 23.6. The van der Waals surface area contributed by atoms with E-state index >= 15 is 4.79 Å². The summed E-state index contributed by atoms with van der Waals surface area (Å²) in [5.41, 5.74) is -0.831. The molecule has 1 aromatic rings. The van der Waals surface area contributed by atoms with E-state index in [1.54, 1.807) is 53.7 Å². The monoisotopic (exact) mass is 1080 g/mol. The van der Waals surface area contributed by atoms with Crippen LogP contribution in [0.2, 0.25) is 0 Å². The third kappa shape index (κ3) is 16.2. The van der Waals surface area contributed by atoms with Gasteiger partial charge in [0.05, 0.1) is 54.7 Å². The second kappa shape index (κ2) is 28.3. The molecular formula is C56H91FN2O17. The van der Waals surface area contributed by atoms with Crippen LogP contribution in [0.5, 0.6) is 0 Å². The maximum absolute atomic E-state index is 15.3. The van der Waals surface area contributed by atoms with Crippen molar-refractivity contribution in [3.8, 4) is 0 Å². The number of rotatable bonds is 16. The van der Waals surface area contributed by atoms with Gasteiger partial charge in [0.25, 0.3) is 0 Å². The lowest BCUT2D eigenvalue weighted by atomic mass is 9.74. The molecule has 0 spiro atoms. The Hall–Kier alpha value is -3.25. The van der Waals surface area contributed by atoms with Crippen LogP contribution in [0.4, 0.5) is 4.39 Å². The van der Waals surface area contributed by atoms with Crippen LogP contribution in [-0.4, -0.2) is 176 Å². The minimum Gasteiger partial charge on any atom is -0.461 e. The molecule has 1 aromatic carbocycles. The molecule has 4 heterocycles. The van der Waals surface area contributed by atoms with Crippen LogP contribution in [0, 0.1) is 47.2 Å². The van der Waals surface area contributed by atoms with Crippen molar-refractivity contribution in [2.24, 2.45) is 46.6 Å². The minimum absolute atomic E-state index is 0.0325. The van der Waals surface area contributed by atoms with Gasteiger partial charge in [0, 0.05) is 70.4 Å². The SMILES string of the molecule is CON=C1C[C@@H](C)O[C@@H](O[C@@H]2[C@@H](C)[C@H](O[C@H]3CC(C)N(Cc4ccc(F)cc4)C[C@H](C)O3)[C@@H](C)C(=O)O[C@H]([C@@H](C)CO[C@@H]3O[C@H](C)[C@@H](O)[C@@H](OC)[C@H]3OC)[C@H](C)[C@@H](OC(=O)CC(C)C)[C@@H](C)C(=O)[C@@](C)(O)C[C@@H]2C)[C@@H]1O. The summed E-state index contributed by atoms with van der Waals surface area (Å²) in [5, 5.41) is 39.1. The zero-order valence-corrected chi connectivity index (χ0v) is 47.8. The summed E-state index contributed by atoms with van der Waals surface area (Å²) in [5.74, 6) is -7.53. The summed E-state index contributed by atoms with van der Waals surface area (Å²) in [6.45, 7) is 24.1. The quantitative estimate of drug-likeness (QED) is 0.128. The lowest BCUT2D eigenvalue weighted by Crippen LogP contribution is -2.59. The first-order valence-corrected chi connectivity index (χ1v) is 27.3. The van der Waals surface area contributed by atoms with Gasteiger partial charge in [0.15, 0.2) is 24.7 Å². The van der Waals surface area contributed by atoms with Crippen molar-refractivity contribution in [3.63, 3.8) is 0 Å². The highest BCUT2D eigenvalue weighted by Crippen LogP contribution is 2.39. The van der Waals surface area contributed by atoms with Crippen LogP contribution in [0.3, 0.4) is 0 Å². The average Bonchev–Trinajstić information content (AvgIpc) is 3.48. The Morgan fingerprint density at radius 3 is 2.11 bits per heavy atom. The minimum atomic E-state index is -2.05. The molecular weight excluding hydrogens is 992 g/mol. The van der Waals surface area contributed by atoms with Gasteiger partial charge in [-0.2, -0.15) is 0 Å². The number of esters is 2. The lowest BCUT2D eigenvalue weighted by Gasteiger charge is -2.44. The zero-order valence-electron chi connectivity index (χ0n) is 47.8. The zero-order chi connectivity index (χ0) is 56.5. The molecule has 4 saturated heterocycles. The second-order valence-electron chi connectivity index (χ2n) is 22.9. The number of oxime groups is 1. The molecule has 0 saturated carbocycles. The van der Waals surface area contributed by atoms with Gasteiger partial charge in [-0.15, -0.1) is 0 Å². The maximum Gasteiger partial charge on any atom is 0.311 e. The summed E-state index contributed by atoms with van der Waals surface area (Å²) >= 11 is 0. The number of aliphatic hydroxyl groups is 3. The summed E-state index contributed by atoms with van der Waals surface area (Å²) in [7, 11) is 4.28. The van der Waals surface area contributed by atoms with Gasteiger partial charge < -0.3 is 67.5 Å². The number of nitrogens with zero attached hydrogens (tertiary/aromatic N) is 2. The van der Waals surface area contributed by atoms with Gasteiger partial charge in [-0.05, 0) is 77.5 Å². The average molecular weight is 1080 g/mol. The third-order valence-corrected chi connectivity index (χ3v) is 15.7. The Bertz CT molecular complexity index is 2030. The molecule has 4 aliphatic rings. The predicted molar refractivity (Wildman–Crippen MR) is 277 cm³/mol. The largest absolute Gasteiger partial charge is 0.461 e. The fourth-order valence-electron chi connectivity index (χ4n) is 11.6. The molecule has 434 valence electrons. The van der Waals surface area contributed by atoms with Crippen LogP contribution in [-0.2, 0) is 73.1 Å². The van der Waals surface area contributed by atoms with E-state index in [-0.39, 0.29) is 49.8 Å². The predicted octanol–water partition coefficient (Wildman–Crippen LogP) is 5.98. The Morgan fingerprint density at radius 1 is 0.829 bits per heavy atom. The molecule has 4 fully saturated rings. The summed E-state index contributed by atoms with van der Waals surface area (Å²) in [6.07, 6.45) is -12.6. The first-order valence-electron chi connectivity index (χ1n) is 27.3. The van der Waals surface area contributed by atoms with E-state index in [0.717, 1.165) is 5.56 Å². The number of Topliss-reactive ketones (excluding diaryl/α,β-unsaturated/α-hetero) is 1. The molecule has 0 aliphatic carbocycles. The van der Waals surface area contributed by atoms with Crippen molar-refractivity contribution < 1.29 is 86.3 Å². The first kappa shape index (κ1) is 63.6. The number of carbonyl (C=O) groups excluding carboxylic acids is 3. The van der Waals surface area contributed by atoms with E-state index in [0.29, 0.717) is 25.2 Å². The number of aliphatic hydroxyl groups excluding tert-OH is 2. The topological polar surface area (TPSA) is 229 Å². The molecule has 19 nitrogen and oxygen atoms in total. The molecule has 4 aliphatic heterocycles. The molecule has 0 amide bonds. The van der Waals surface area contributed by atoms with Gasteiger partial charge >= 0.3 is 11.9 Å². The van der Waals surface area contributed by atoms with Crippen LogP contribution in [0.15, 0.2) is 29.4 Å². The van der Waals surface area contributed by atoms with Crippen molar-refractivity contribution in [2.45, 2.75) is 220 Å². The van der Waals surface area contributed by atoms with Gasteiger partial charge in [-0.3, -0.25) is 19.3 Å². The fourth-order valence-corrected chi connectivity index (χ4v) is 11.6. The molecule has 0 aromatic heterocycles. The van der Waals surface area contributed by atoms with E-state index in [4.69, 9.17) is 52.2 Å². The number of hydrogen-bond donors (Lipinski definition) is 3. The van der Waals surface area contributed by atoms with Crippen molar-refractivity contribution in [1.82, 2.24) is 4.90 Å². The van der Waals surface area contributed by atoms with Crippen molar-refractivity contribution >= 4 is 23.4 Å². The van der Waals surface area contributed by atoms with Gasteiger partial charge in [0.2, 0.25) is 0 Å². The summed E-state index contributed by atoms with van der Waals surface area (Å²) < 4.78 is 77.5. The van der Waals surface area contributed by atoms with E-state index in [2.05, 4.69) is 17.0 Å². The van der Waals surface area contributed by atoms with Crippen molar-refractivity contribution in [2.75, 3.05) is 34.5 Å². The smallest absolute Gasteiger partial charge is 0.311 e. The number of methoxy groups -OCH3 is 2. The molecule has 1 unspecified atom stereocenters. The maximum atomic E-state index is 15.3. The van der Waals surface area contributed by atoms with Crippen LogP contribution >= 0.6 is 0 Å². The highest BCUT2D eigenvalue weighted by Gasteiger charge is 2.51. The number of carbonyl (C=O) groups is 3. The highest BCUT2D eigenvalue weighted by atomic mass is 19.1.